The molecule has 0 amide bonds. The molecule has 1 aliphatic heterocycles. The van der Waals surface area contributed by atoms with E-state index in [4.69, 9.17) is 15.6 Å². The van der Waals surface area contributed by atoms with Gasteiger partial charge in [-0.3, -0.25) is 4.57 Å². The van der Waals surface area contributed by atoms with Crippen molar-refractivity contribution in [3.63, 3.8) is 0 Å². The summed E-state index contributed by atoms with van der Waals surface area (Å²) in [5.41, 5.74) is 6.17. The van der Waals surface area contributed by atoms with Gasteiger partial charge in [-0.2, -0.15) is 0 Å². The largest absolute Gasteiger partial charge is 1.00 e. The van der Waals surface area contributed by atoms with Crippen LogP contribution in [0.3, 0.4) is 0 Å². The zero-order chi connectivity index (χ0) is 16.0. The number of nitrogens with zero attached hydrogens (tertiary/aromatic N) is 4. The Morgan fingerprint density at radius 2 is 2.04 bits per heavy atom. The average molecular weight is 335 g/mol. The Kier molecular flexibility index (Phi) is 5.20. The molecule has 3 heterocycles. The minimum absolute atomic E-state index is 0. The summed E-state index contributed by atoms with van der Waals surface area (Å²) in [6, 6.07) is 0. The SMILES string of the molecule is Nc1ncnc2c1ncn2[C@@H]1O[C@H](C(O)C(=O)O)C(O)C1O.[H-].[Na+]. The number of nitrogen functional groups attached to an aromatic ring is 1. The molecule has 23 heavy (non-hydrogen) atoms. The zero-order valence-electron chi connectivity index (χ0n) is 13.0. The number of aliphatic hydroxyl groups is 3. The predicted octanol–water partition coefficient (Wildman–Crippen LogP) is -5.41. The number of fused-ring (bicyclic) bond motifs is 1. The Morgan fingerprint density at radius 3 is 2.70 bits per heavy atom. The van der Waals surface area contributed by atoms with E-state index in [0.29, 0.717) is 0 Å². The fraction of sp³-hybridized carbons (Fsp3) is 0.455. The molecule has 0 saturated carbocycles. The average Bonchev–Trinajstić information content (AvgIpc) is 3.02. The van der Waals surface area contributed by atoms with Crippen molar-refractivity contribution in [3.05, 3.63) is 12.7 Å². The van der Waals surface area contributed by atoms with Gasteiger partial charge in [0.05, 0.1) is 6.33 Å². The first kappa shape index (κ1) is 18.0. The molecule has 2 aromatic rings. The molecular formula is C11H14N5NaO6. The number of carbonyl (C=O) groups is 1. The van der Waals surface area contributed by atoms with Crippen molar-refractivity contribution in [2.45, 2.75) is 30.6 Å². The Bertz CT molecular complexity index is 732. The van der Waals surface area contributed by atoms with Crippen LogP contribution < -0.4 is 35.3 Å². The molecule has 0 radical (unpaired) electrons. The van der Waals surface area contributed by atoms with Crippen LogP contribution in [-0.4, -0.2) is 70.3 Å². The third-order valence-corrected chi connectivity index (χ3v) is 3.50. The van der Waals surface area contributed by atoms with Gasteiger partial charge in [-0.25, -0.2) is 19.7 Å². The number of anilines is 1. The van der Waals surface area contributed by atoms with Crippen LogP contribution >= 0.6 is 0 Å². The molecule has 11 nitrogen and oxygen atoms in total. The van der Waals surface area contributed by atoms with E-state index in [1.807, 2.05) is 0 Å². The number of carboxylic acids is 1. The summed E-state index contributed by atoms with van der Waals surface area (Å²) in [6.07, 6.45) is -5.25. The third kappa shape index (κ3) is 2.92. The maximum absolute atomic E-state index is 10.8. The maximum Gasteiger partial charge on any atom is 1.00 e. The number of hydrogen-bond donors (Lipinski definition) is 5. The Hall–Kier alpha value is -1.34. The standard InChI is InChI=1S/C11H13N5O6.Na.H/c12-8-3-9(14-1-13-8)16(2-15-3)10-5(18)4(17)7(22-10)6(19)11(20)21;;/h1-2,4-7,10,17-19H,(H,20,21)(H2,12,13,14);;/q;+1;-1/t4?,5?,6?,7-,10+;;/m0../s1. The summed E-state index contributed by atoms with van der Waals surface area (Å²) in [5, 5.41) is 38.3. The Labute approximate surface area is 152 Å². The topological polar surface area (TPSA) is 177 Å². The number of carboxylic acid groups (broad SMARTS) is 1. The number of aliphatic carboxylic acids is 1. The molecule has 1 aliphatic rings. The second kappa shape index (κ2) is 6.65. The number of imidazole rings is 1. The minimum atomic E-state index is -1.98. The fourth-order valence-electron chi connectivity index (χ4n) is 2.37. The van der Waals surface area contributed by atoms with Crippen molar-refractivity contribution in [1.29, 1.82) is 0 Å². The molecule has 1 saturated heterocycles. The van der Waals surface area contributed by atoms with Crippen LogP contribution in [0.25, 0.3) is 11.2 Å². The smallest absolute Gasteiger partial charge is 1.00 e. The number of hydrogen-bond acceptors (Lipinski definition) is 9. The molecule has 1 fully saturated rings. The molecule has 0 aromatic carbocycles. The van der Waals surface area contributed by atoms with Gasteiger partial charge < -0.3 is 32.3 Å². The molecule has 12 heteroatoms. The predicted molar refractivity (Wildman–Crippen MR) is 70.4 cm³/mol. The fourth-order valence-corrected chi connectivity index (χ4v) is 2.37. The molecule has 3 unspecified atom stereocenters. The van der Waals surface area contributed by atoms with Crippen molar-refractivity contribution < 1.29 is 60.9 Å². The van der Waals surface area contributed by atoms with Crippen molar-refractivity contribution in [2.24, 2.45) is 0 Å². The summed E-state index contributed by atoms with van der Waals surface area (Å²) in [6.45, 7) is 0. The van der Waals surface area contributed by atoms with E-state index >= 15 is 0 Å². The van der Waals surface area contributed by atoms with Crippen molar-refractivity contribution in [1.82, 2.24) is 19.5 Å². The quantitative estimate of drug-likeness (QED) is 0.340. The van der Waals surface area contributed by atoms with Gasteiger partial charge in [0.2, 0.25) is 0 Å². The molecule has 5 atom stereocenters. The molecular weight excluding hydrogens is 321 g/mol. The number of nitrogens with two attached hydrogens (primary N) is 1. The maximum atomic E-state index is 10.8. The molecule has 0 bridgehead atoms. The van der Waals surface area contributed by atoms with E-state index in [1.54, 1.807) is 0 Å². The van der Waals surface area contributed by atoms with E-state index in [2.05, 4.69) is 15.0 Å². The van der Waals surface area contributed by atoms with Crippen molar-refractivity contribution >= 4 is 23.0 Å². The van der Waals surface area contributed by atoms with Crippen LogP contribution in [0.1, 0.15) is 7.65 Å². The number of aromatic nitrogens is 4. The van der Waals surface area contributed by atoms with Crippen LogP contribution in [0.4, 0.5) is 5.82 Å². The number of aliphatic hydroxyl groups excluding tert-OH is 3. The van der Waals surface area contributed by atoms with E-state index in [9.17, 15) is 20.1 Å². The number of ether oxygens (including phenoxy) is 1. The minimum Gasteiger partial charge on any atom is -1.00 e. The van der Waals surface area contributed by atoms with Gasteiger partial charge in [-0.15, -0.1) is 0 Å². The Balaban J connectivity index is 0.00000144. The van der Waals surface area contributed by atoms with Gasteiger partial charge in [0.15, 0.2) is 23.8 Å². The first-order valence-corrected chi connectivity index (χ1v) is 6.27. The van der Waals surface area contributed by atoms with Gasteiger partial charge >= 0.3 is 35.5 Å². The van der Waals surface area contributed by atoms with Gasteiger partial charge in [0.1, 0.15) is 30.2 Å². The molecule has 2 aromatic heterocycles. The third-order valence-electron chi connectivity index (χ3n) is 3.50. The van der Waals surface area contributed by atoms with Crippen LogP contribution in [0, 0.1) is 0 Å². The van der Waals surface area contributed by atoms with Crippen LogP contribution in [0.5, 0.6) is 0 Å². The molecule has 120 valence electrons. The van der Waals surface area contributed by atoms with Gasteiger partial charge in [0.25, 0.3) is 0 Å². The zero-order valence-corrected chi connectivity index (χ0v) is 14.0. The summed E-state index contributed by atoms with van der Waals surface area (Å²) in [5.74, 6) is -1.45. The van der Waals surface area contributed by atoms with Crippen LogP contribution in [0.2, 0.25) is 0 Å². The molecule has 6 N–H and O–H groups in total. The molecule has 3 rings (SSSR count). The second-order valence-corrected chi connectivity index (χ2v) is 4.84. The van der Waals surface area contributed by atoms with Crippen molar-refractivity contribution in [2.75, 3.05) is 5.73 Å². The summed E-state index contributed by atoms with van der Waals surface area (Å²) >= 11 is 0. The summed E-state index contributed by atoms with van der Waals surface area (Å²) < 4.78 is 6.58. The summed E-state index contributed by atoms with van der Waals surface area (Å²) in [4.78, 5) is 22.5. The number of rotatable bonds is 3. The van der Waals surface area contributed by atoms with Gasteiger partial charge in [0, 0.05) is 0 Å². The molecule has 0 spiro atoms. The first-order valence-electron chi connectivity index (χ1n) is 6.27. The Morgan fingerprint density at radius 1 is 1.35 bits per heavy atom. The monoisotopic (exact) mass is 335 g/mol. The van der Waals surface area contributed by atoms with E-state index in [1.165, 1.54) is 17.2 Å². The van der Waals surface area contributed by atoms with E-state index < -0.39 is 36.6 Å². The van der Waals surface area contributed by atoms with Crippen LogP contribution in [0.15, 0.2) is 12.7 Å². The van der Waals surface area contributed by atoms with E-state index in [0.717, 1.165) is 0 Å². The second-order valence-electron chi connectivity index (χ2n) is 4.84. The van der Waals surface area contributed by atoms with Gasteiger partial charge in [-0.1, -0.05) is 0 Å². The van der Waals surface area contributed by atoms with Crippen molar-refractivity contribution in [3.8, 4) is 0 Å². The van der Waals surface area contributed by atoms with E-state index in [-0.39, 0.29) is 48.0 Å². The first-order chi connectivity index (χ1) is 10.4. The molecule has 0 aliphatic carbocycles. The van der Waals surface area contributed by atoms with Crippen LogP contribution in [-0.2, 0) is 9.53 Å². The normalized spacial score (nSPS) is 28.5. The summed E-state index contributed by atoms with van der Waals surface area (Å²) in [7, 11) is 0. The van der Waals surface area contributed by atoms with Gasteiger partial charge in [-0.05, 0) is 0 Å².